The molecule has 0 aliphatic heterocycles. The fourth-order valence-electron chi connectivity index (χ4n) is 1.37. The number of ether oxygens (including phenoxy) is 1. The number of methoxy groups -OCH3 is 1. The van der Waals surface area contributed by atoms with Crippen LogP contribution >= 0.6 is 0 Å². The van der Waals surface area contributed by atoms with Crippen LogP contribution in [0.4, 0.5) is 0 Å². The second kappa shape index (κ2) is 7.33. The van der Waals surface area contributed by atoms with Gasteiger partial charge in [-0.3, -0.25) is 4.79 Å². The Kier molecular flexibility index (Phi) is 5.72. The van der Waals surface area contributed by atoms with Crippen LogP contribution in [0.15, 0.2) is 28.0 Å². The Morgan fingerprint density at radius 3 is 2.94 bits per heavy atom. The maximum atomic E-state index is 12.0. The second-order valence-corrected chi connectivity index (χ2v) is 3.60. The molecule has 1 aromatic heterocycles. The number of amides is 1. The molecule has 7 heteroatoms. The van der Waals surface area contributed by atoms with Gasteiger partial charge < -0.3 is 25.0 Å². The van der Waals surface area contributed by atoms with Crippen LogP contribution in [0.5, 0.6) is 0 Å². The zero-order valence-electron chi connectivity index (χ0n) is 10.2. The van der Waals surface area contributed by atoms with E-state index >= 15 is 0 Å². The third kappa shape index (κ3) is 4.10. The van der Waals surface area contributed by atoms with Crippen molar-refractivity contribution in [3.8, 4) is 0 Å². The number of oxime groups is 1. The van der Waals surface area contributed by atoms with E-state index in [1.54, 1.807) is 19.2 Å². The largest absolute Gasteiger partial charge is 0.459 e. The smallest absolute Gasteiger partial charge is 0.289 e. The highest BCUT2D eigenvalue weighted by Gasteiger charge is 2.18. The Bertz CT molecular complexity index is 389. The van der Waals surface area contributed by atoms with Crippen LogP contribution < -0.4 is 5.73 Å². The summed E-state index contributed by atoms with van der Waals surface area (Å²) >= 11 is 0. The quantitative estimate of drug-likeness (QED) is 0.320. The van der Waals surface area contributed by atoms with Crippen molar-refractivity contribution < 1.29 is 19.2 Å². The van der Waals surface area contributed by atoms with E-state index in [0.717, 1.165) is 0 Å². The molecule has 3 N–H and O–H groups in total. The van der Waals surface area contributed by atoms with Gasteiger partial charge in [-0.05, 0) is 12.1 Å². The maximum Gasteiger partial charge on any atom is 0.289 e. The number of rotatable bonds is 7. The van der Waals surface area contributed by atoms with Gasteiger partial charge in [0.1, 0.15) is 5.84 Å². The van der Waals surface area contributed by atoms with Crippen molar-refractivity contribution in [1.82, 2.24) is 4.90 Å². The molecule has 1 rings (SSSR count). The zero-order chi connectivity index (χ0) is 13.4. The molecule has 0 bridgehead atoms. The van der Waals surface area contributed by atoms with E-state index in [1.165, 1.54) is 11.2 Å². The van der Waals surface area contributed by atoms with Crippen LogP contribution in [0.3, 0.4) is 0 Å². The normalized spacial score (nSPS) is 11.5. The van der Waals surface area contributed by atoms with Gasteiger partial charge in [-0.15, -0.1) is 0 Å². The van der Waals surface area contributed by atoms with Gasteiger partial charge in [-0.1, -0.05) is 5.16 Å². The number of nitrogens with two attached hydrogens (primary N) is 1. The van der Waals surface area contributed by atoms with Crippen molar-refractivity contribution in [2.75, 3.05) is 26.8 Å². The first-order chi connectivity index (χ1) is 8.69. The summed E-state index contributed by atoms with van der Waals surface area (Å²) in [6.07, 6.45) is 1.72. The standard InChI is InChI=1S/C11H17N3O4/c1-17-8-6-14(5-4-10(12)13-16)11(15)9-3-2-7-18-9/h2-3,7,16H,4-6,8H2,1H3,(H2,12,13). The lowest BCUT2D eigenvalue weighted by molar-refractivity contribution is 0.0669. The van der Waals surface area contributed by atoms with Gasteiger partial charge in [-0.25, -0.2) is 0 Å². The molecule has 0 aliphatic rings. The molecule has 1 heterocycles. The minimum Gasteiger partial charge on any atom is -0.459 e. The van der Waals surface area contributed by atoms with Gasteiger partial charge >= 0.3 is 0 Å². The lowest BCUT2D eigenvalue weighted by atomic mass is 10.3. The molecule has 0 aliphatic carbocycles. The molecule has 0 saturated heterocycles. The summed E-state index contributed by atoms with van der Waals surface area (Å²) in [6.45, 7) is 1.15. The predicted molar refractivity (Wildman–Crippen MR) is 64.5 cm³/mol. The van der Waals surface area contributed by atoms with Crippen LogP contribution in [-0.4, -0.2) is 48.7 Å². The van der Waals surface area contributed by atoms with Crippen molar-refractivity contribution in [2.24, 2.45) is 10.9 Å². The molecular weight excluding hydrogens is 238 g/mol. The van der Waals surface area contributed by atoms with E-state index < -0.39 is 0 Å². The van der Waals surface area contributed by atoms with E-state index in [4.69, 9.17) is 20.1 Å². The van der Waals surface area contributed by atoms with Gasteiger partial charge in [0.15, 0.2) is 5.76 Å². The summed E-state index contributed by atoms with van der Waals surface area (Å²) in [5, 5.41) is 11.3. The van der Waals surface area contributed by atoms with Gasteiger partial charge in [0.2, 0.25) is 0 Å². The molecule has 0 aromatic carbocycles. The molecule has 100 valence electrons. The van der Waals surface area contributed by atoms with Crippen LogP contribution in [0.1, 0.15) is 17.0 Å². The second-order valence-electron chi connectivity index (χ2n) is 3.60. The van der Waals surface area contributed by atoms with E-state index in [1.807, 2.05) is 0 Å². The topological polar surface area (TPSA) is 101 Å². The lowest BCUT2D eigenvalue weighted by Gasteiger charge is -2.20. The van der Waals surface area contributed by atoms with Crippen molar-refractivity contribution in [2.45, 2.75) is 6.42 Å². The number of carbonyl (C=O) groups is 1. The van der Waals surface area contributed by atoms with Crippen molar-refractivity contribution in [3.05, 3.63) is 24.2 Å². The van der Waals surface area contributed by atoms with Crippen LogP contribution in [0, 0.1) is 0 Å². The van der Waals surface area contributed by atoms with Crippen LogP contribution in [-0.2, 0) is 4.74 Å². The summed E-state index contributed by atoms with van der Waals surface area (Å²) in [5.74, 6) is 0.0815. The van der Waals surface area contributed by atoms with E-state index in [0.29, 0.717) is 19.7 Å². The van der Waals surface area contributed by atoms with Crippen molar-refractivity contribution in [1.29, 1.82) is 0 Å². The zero-order valence-corrected chi connectivity index (χ0v) is 10.2. The molecule has 7 nitrogen and oxygen atoms in total. The summed E-state index contributed by atoms with van der Waals surface area (Å²) in [5.41, 5.74) is 5.38. The Morgan fingerprint density at radius 2 is 2.39 bits per heavy atom. The molecule has 1 amide bonds. The van der Waals surface area contributed by atoms with E-state index in [2.05, 4.69) is 5.16 Å². The first kappa shape index (κ1) is 14.0. The van der Waals surface area contributed by atoms with Crippen molar-refractivity contribution >= 4 is 11.7 Å². The minimum absolute atomic E-state index is 0.0738. The highest BCUT2D eigenvalue weighted by molar-refractivity contribution is 5.91. The number of carbonyl (C=O) groups excluding carboxylic acids is 1. The van der Waals surface area contributed by atoms with Crippen LogP contribution in [0.25, 0.3) is 0 Å². The van der Waals surface area contributed by atoms with Crippen molar-refractivity contribution in [3.63, 3.8) is 0 Å². The summed E-state index contributed by atoms with van der Waals surface area (Å²) < 4.78 is 9.98. The molecule has 0 radical (unpaired) electrons. The van der Waals surface area contributed by atoms with Gasteiger partial charge in [0, 0.05) is 26.6 Å². The van der Waals surface area contributed by atoms with Gasteiger partial charge in [0.25, 0.3) is 5.91 Å². The Hall–Kier alpha value is -2.02. The maximum absolute atomic E-state index is 12.0. The molecule has 0 fully saturated rings. The number of amidine groups is 1. The molecule has 0 saturated carbocycles. The third-order valence-corrected chi connectivity index (χ3v) is 2.35. The molecule has 18 heavy (non-hydrogen) atoms. The summed E-state index contributed by atoms with van der Waals surface area (Å²) in [4.78, 5) is 13.6. The fraction of sp³-hybridized carbons (Fsp3) is 0.455. The van der Waals surface area contributed by atoms with E-state index in [9.17, 15) is 4.79 Å². The highest BCUT2D eigenvalue weighted by Crippen LogP contribution is 2.06. The number of nitrogens with zero attached hydrogens (tertiary/aromatic N) is 2. The molecule has 0 atom stereocenters. The number of hydrogen-bond donors (Lipinski definition) is 2. The predicted octanol–water partition coefficient (Wildman–Crippen LogP) is 0.505. The molecule has 1 aromatic rings. The third-order valence-electron chi connectivity index (χ3n) is 2.35. The van der Waals surface area contributed by atoms with E-state index in [-0.39, 0.29) is 23.9 Å². The lowest BCUT2D eigenvalue weighted by Crippen LogP contribution is -2.36. The average molecular weight is 255 g/mol. The average Bonchev–Trinajstić information content (AvgIpc) is 2.91. The van der Waals surface area contributed by atoms with Gasteiger partial charge in [-0.2, -0.15) is 0 Å². The van der Waals surface area contributed by atoms with Gasteiger partial charge in [0.05, 0.1) is 12.9 Å². The SMILES string of the molecule is COCCN(CCC(N)=NO)C(=O)c1ccco1. The Morgan fingerprint density at radius 1 is 1.61 bits per heavy atom. The molecule has 0 unspecified atom stereocenters. The van der Waals surface area contributed by atoms with Crippen LogP contribution in [0.2, 0.25) is 0 Å². The Labute approximate surface area is 105 Å². The monoisotopic (exact) mass is 255 g/mol. The fourth-order valence-corrected chi connectivity index (χ4v) is 1.37. The first-order valence-corrected chi connectivity index (χ1v) is 5.47. The summed E-state index contributed by atoms with van der Waals surface area (Å²) in [7, 11) is 1.55. The number of hydrogen-bond acceptors (Lipinski definition) is 5. The first-order valence-electron chi connectivity index (χ1n) is 5.47. The number of furan rings is 1. The molecular formula is C11H17N3O4. The Balaban J connectivity index is 2.62. The minimum atomic E-state index is -0.247. The highest BCUT2D eigenvalue weighted by atomic mass is 16.5. The summed E-state index contributed by atoms with van der Waals surface area (Å²) in [6, 6.07) is 3.23. The molecule has 0 spiro atoms.